The van der Waals surface area contributed by atoms with Crippen molar-refractivity contribution >= 4 is 39.4 Å². The average Bonchev–Trinajstić information content (AvgIpc) is 3.24. The van der Waals surface area contributed by atoms with Crippen molar-refractivity contribution in [2.45, 2.75) is 50.8 Å². The fourth-order valence-electron chi connectivity index (χ4n) is 4.10. The van der Waals surface area contributed by atoms with Crippen molar-refractivity contribution in [3.8, 4) is 0 Å². The van der Waals surface area contributed by atoms with E-state index in [4.69, 9.17) is 0 Å². The highest BCUT2D eigenvalue weighted by molar-refractivity contribution is 7.89. The Morgan fingerprint density at radius 1 is 0.950 bits per heavy atom. The highest BCUT2D eigenvalue weighted by Gasteiger charge is 2.32. The molecule has 4 amide bonds. The smallest absolute Gasteiger partial charge is 0.289 e. The number of nitrogens with one attached hydrogen (secondary N) is 4. The van der Waals surface area contributed by atoms with E-state index in [0.29, 0.717) is 17.7 Å². The van der Waals surface area contributed by atoms with Crippen LogP contribution >= 0.6 is 0 Å². The molecule has 40 heavy (non-hydrogen) atoms. The molecule has 13 heteroatoms. The lowest BCUT2D eigenvalue weighted by atomic mass is 9.98. The fourth-order valence-corrected chi connectivity index (χ4v) is 4.83. The van der Waals surface area contributed by atoms with Crippen LogP contribution in [0.25, 0.3) is 0 Å². The highest BCUT2D eigenvalue weighted by Crippen LogP contribution is 2.21. The topological polar surface area (TPSA) is 171 Å². The molecule has 1 aliphatic heterocycles. The molecule has 0 bridgehead atoms. The van der Waals surface area contributed by atoms with Crippen LogP contribution in [0.5, 0.6) is 0 Å². The molecule has 4 N–H and O–H groups in total. The van der Waals surface area contributed by atoms with Gasteiger partial charge in [0.05, 0.1) is 10.9 Å². The van der Waals surface area contributed by atoms with Gasteiger partial charge < -0.3 is 20.9 Å². The number of amides is 4. The van der Waals surface area contributed by atoms with Gasteiger partial charge in [0.2, 0.25) is 27.6 Å². The second kappa shape index (κ2) is 12.8. The molecule has 1 heterocycles. The Morgan fingerprint density at radius 3 is 2.20 bits per heavy atom. The summed E-state index contributed by atoms with van der Waals surface area (Å²) in [5.41, 5.74) is 1.93. The quantitative estimate of drug-likeness (QED) is 0.261. The molecule has 0 aliphatic carbocycles. The fraction of sp³-hybridized carbons (Fsp3) is 0.370. The maximum Gasteiger partial charge on any atom is 0.289 e. The van der Waals surface area contributed by atoms with Crippen LogP contribution in [-0.4, -0.2) is 68.4 Å². The first kappa shape index (κ1) is 30.4. The minimum absolute atomic E-state index is 0.0330. The van der Waals surface area contributed by atoms with Crippen LogP contribution in [0, 0.1) is 5.92 Å². The van der Waals surface area contributed by atoms with Crippen LogP contribution in [0.4, 0.5) is 0 Å². The molecule has 0 saturated heterocycles. The summed E-state index contributed by atoms with van der Waals surface area (Å²) < 4.78 is 25.9. The number of sulfonamides is 1. The van der Waals surface area contributed by atoms with Crippen LogP contribution in [0.2, 0.25) is 0 Å². The first-order valence-corrected chi connectivity index (χ1v) is 14.1. The molecule has 0 radical (unpaired) electrons. The molecule has 214 valence electrons. The summed E-state index contributed by atoms with van der Waals surface area (Å²) in [5, 5.41) is 7.54. The molecule has 3 rings (SSSR count). The predicted molar refractivity (Wildman–Crippen MR) is 145 cm³/mol. The van der Waals surface area contributed by atoms with Crippen molar-refractivity contribution < 1.29 is 32.4 Å². The van der Waals surface area contributed by atoms with E-state index in [0.717, 1.165) is 5.56 Å². The second-order valence-corrected chi connectivity index (χ2v) is 11.6. The van der Waals surface area contributed by atoms with Crippen LogP contribution in [0.3, 0.4) is 0 Å². The van der Waals surface area contributed by atoms with E-state index in [-0.39, 0.29) is 23.9 Å². The van der Waals surface area contributed by atoms with Gasteiger partial charge in [0.25, 0.3) is 11.8 Å². The van der Waals surface area contributed by atoms with Gasteiger partial charge in [-0.25, -0.2) is 13.1 Å². The van der Waals surface area contributed by atoms with E-state index in [1.165, 1.54) is 43.1 Å². The standard InChI is InChI=1S/C27H33N5O7S/c1-16(2)23(24(34)26(36)29-13-18-9-11-20(12-10-18)40(38,39)28-4)31-25(35)17(3)30-22(33)15-32-14-19-7-5-6-8-21(19)27(32)37/h5-12,16-17,23,28H,13-15H2,1-4H3,(H,29,36)(H,30,33)(H,31,35)/t17-,23-/m0/s1. The first-order valence-electron chi connectivity index (χ1n) is 12.7. The Kier molecular flexibility index (Phi) is 9.77. The summed E-state index contributed by atoms with van der Waals surface area (Å²) in [6, 6.07) is 10.7. The van der Waals surface area contributed by atoms with Gasteiger partial charge >= 0.3 is 0 Å². The molecule has 2 atom stereocenters. The van der Waals surface area contributed by atoms with E-state index in [9.17, 15) is 32.4 Å². The van der Waals surface area contributed by atoms with Crippen LogP contribution in [0.15, 0.2) is 53.4 Å². The van der Waals surface area contributed by atoms with Gasteiger partial charge in [-0.15, -0.1) is 0 Å². The minimum atomic E-state index is -3.60. The first-order chi connectivity index (χ1) is 18.8. The van der Waals surface area contributed by atoms with Crippen molar-refractivity contribution in [2.75, 3.05) is 13.6 Å². The lowest BCUT2D eigenvalue weighted by Crippen LogP contribution is -2.55. The van der Waals surface area contributed by atoms with Crippen LogP contribution < -0.4 is 20.7 Å². The average molecular weight is 572 g/mol. The van der Waals surface area contributed by atoms with E-state index in [1.54, 1.807) is 26.0 Å². The number of nitrogens with zero attached hydrogens (tertiary/aromatic N) is 1. The normalized spacial score (nSPS) is 14.3. The monoisotopic (exact) mass is 571 g/mol. The third-order valence-corrected chi connectivity index (χ3v) is 7.86. The molecule has 12 nitrogen and oxygen atoms in total. The van der Waals surface area contributed by atoms with Crippen molar-refractivity contribution in [3.63, 3.8) is 0 Å². The lowest BCUT2D eigenvalue weighted by molar-refractivity contribution is -0.141. The van der Waals surface area contributed by atoms with Gasteiger partial charge in [-0.05, 0) is 49.2 Å². The summed E-state index contributed by atoms with van der Waals surface area (Å²) in [6.45, 7) is 4.79. The SMILES string of the molecule is CNS(=O)(=O)c1ccc(CNC(=O)C(=O)[C@@H](NC(=O)[C@H](C)NC(=O)CN2Cc3ccccc3C2=O)C(C)C)cc1. The summed E-state index contributed by atoms with van der Waals surface area (Å²) in [7, 11) is -2.31. The third-order valence-electron chi connectivity index (χ3n) is 6.43. The van der Waals surface area contributed by atoms with Gasteiger partial charge in [0.1, 0.15) is 12.6 Å². The summed E-state index contributed by atoms with van der Waals surface area (Å²) in [6.07, 6.45) is 0. The molecule has 1 aliphatic rings. The summed E-state index contributed by atoms with van der Waals surface area (Å²) >= 11 is 0. The van der Waals surface area contributed by atoms with Crippen molar-refractivity contribution in [3.05, 3.63) is 65.2 Å². The van der Waals surface area contributed by atoms with E-state index >= 15 is 0 Å². The maximum atomic E-state index is 12.8. The van der Waals surface area contributed by atoms with Crippen LogP contribution in [0.1, 0.15) is 42.3 Å². The van der Waals surface area contributed by atoms with Crippen molar-refractivity contribution in [1.82, 2.24) is 25.6 Å². The summed E-state index contributed by atoms with van der Waals surface area (Å²) in [5.74, 6) is -3.69. The number of carbonyl (C=O) groups is 5. The van der Waals surface area contributed by atoms with Gasteiger partial charge in [0, 0.05) is 18.7 Å². The zero-order valence-electron chi connectivity index (χ0n) is 22.7. The number of rotatable bonds is 12. The number of ketones is 1. The lowest BCUT2D eigenvalue weighted by Gasteiger charge is -2.23. The molecule has 2 aromatic rings. The Balaban J connectivity index is 1.52. The number of hydrogen-bond acceptors (Lipinski definition) is 7. The molecule has 2 aromatic carbocycles. The minimum Gasteiger partial charge on any atom is -0.345 e. The number of fused-ring (bicyclic) bond motifs is 1. The highest BCUT2D eigenvalue weighted by atomic mass is 32.2. The number of Topliss-reactive ketones (excluding diaryl/α,β-unsaturated/α-hetero) is 1. The van der Waals surface area contributed by atoms with Gasteiger partial charge in [-0.1, -0.05) is 44.2 Å². The molecule has 0 saturated carbocycles. The van der Waals surface area contributed by atoms with E-state index in [1.807, 2.05) is 12.1 Å². The summed E-state index contributed by atoms with van der Waals surface area (Å²) in [4.78, 5) is 64.6. The van der Waals surface area contributed by atoms with E-state index < -0.39 is 51.5 Å². The zero-order chi connectivity index (χ0) is 29.6. The Labute approximate surface area is 232 Å². The van der Waals surface area contributed by atoms with Gasteiger partial charge in [0.15, 0.2) is 0 Å². The largest absolute Gasteiger partial charge is 0.345 e. The van der Waals surface area contributed by atoms with Crippen molar-refractivity contribution in [2.24, 2.45) is 5.92 Å². The second-order valence-electron chi connectivity index (χ2n) is 9.74. The predicted octanol–water partition coefficient (Wildman–Crippen LogP) is 0.0815. The third kappa shape index (κ3) is 7.30. The van der Waals surface area contributed by atoms with Gasteiger partial charge in [-0.3, -0.25) is 24.0 Å². The number of hydrogen-bond donors (Lipinski definition) is 4. The Morgan fingerprint density at radius 2 is 1.60 bits per heavy atom. The zero-order valence-corrected chi connectivity index (χ0v) is 23.5. The molecule has 0 aromatic heterocycles. The molecular weight excluding hydrogens is 538 g/mol. The number of carbonyl (C=O) groups excluding carboxylic acids is 5. The number of benzene rings is 2. The molecule has 0 spiro atoms. The Bertz CT molecular complexity index is 1410. The van der Waals surface area contributed by atoms with E-state index in [2.05, 4.69) is 20.7 Å². The van der Waals surface area contributed by atoms with Gasteiger partial charge in [-0.2, -0.15) is 0 Å². The van der Waals surface area contributed by atoms with Crippen LogP contribution in [-0.2, 0) is 42.3 Å². The molecular formula is C27H33N5O7S. The maximum absolute atomic E-state index is 12.8. The molecule has 0 unspecified atom stereocenters. The van der Waals surface area contributed by atoms with Crippen molar-refractivity contribution in [1.29, 1.82) is 0 Å². The Hall–Kier alpha value is -4.10. The molecule has 0 fully saturated rings.